The topological polar surface area (TPSA) is 0 Å². The van der Waals surface area contributed by atoms with E-state index in [0.717, 1.165) is 24.8 Å². The highest BCUT2D eigenvalue weighted by atomic mass is 79.9. The zero-order valence-electron chi connectivity index (χ0n) is 10.0. The number of benzene rings is 1. The van der Waals surface area contributed by atoms with Crippen LogP contribution in [0.1, 0.15) is 49.1 Å². The molecule has 1 aromatic carbocycles. The molecule has 2 unspecified atom stereocenters. The molecule has 0 nitrogen and oxygen atoms in total. The van der Waals surface area contributed by atoms with E-state index in [1.165, 1.54) is 25.0 Å². The molecule has 1 fully saturated rings. The third kappa shape index (κ3) is 3.28. The van der Waals surface area contributed by atoms with Gasteiger partial charge in [-0.2, -0.15) is 13.2 Å². The van der Waals surface area contributed by atoms with Crippen molar-refractivity contribution in [3.8, 4) is 0 Å². The minimum absolute atomic E-state index is 0.342. The lowest BCUT2D eigenvalue weighted by Crippen LogP contribution is -2.11. The molecule has 4 heteroatoms. The first-order chi connectivity index (χ1) is 8.48. The first-order valence-corrected chi connectivity index (χ1v) is 7.21. The fourth-order valence-electron chi connectivity index (χ4n) is 2.56. The van der Waals surface area contributed by atoms with Gasteiger partial charge in [0.2, 0.25) is 0 Å². The molecule has 18 heavy (non-hydrogen) atoms. The molecule has 2 rings (SSSR count). The molecule has 1 aromatic rings. The van der Waals surface area contributed by atoms with Gasteiger partial charge in [-0.25, -0.2) is 0 Å². The fraction of sp³-hybridized carbons (Fsp3) is 0.571. The van der Waals surface area contributed by atoms with Crippen molar-refractivity contribution in [1.82, 2.24) is 0 Å². The van der Waals surface area contributed by atoms with E-state index in [2.05, 4.69) is 15.9 Å². The van der Waals surface area contributed by atoms with Crippen LogP contribution in [-0.2, 0) is 6.18 Å². The van der Waals surface area contributed by atoms with Crippen LogP contribution in [0.4, 0.5) is 13.2 Å². The SMILES string of the molecule is FC(F)(F)c1ccc(C2CCCCCC2Br)cc1. The van der Waals surface area contributed by atoms with Gasteiger partial charge in [0.05, 0.1) is 5.56 Å². The Bertz CT molecular complexity index is 383. The van der Waals surface area contributed by atoms with Crippen molar-refractivity contribution in [3.63, 3.8) is 0 Å². The van der Waals surface area contributed by atoms with E-state index in [1.807, 2.05) is 0 Å². The van der Waals surface area contributed by atoms with Crippen LogP contribution in [0.5, 0.6) is 0 Å². The Morgan fingerprint density at radius 1 is 0.944 bits per heavy atom. The summed E-state index contributed by atoms with van der Waals surface area (Å²) in [5, 5.41) is 0. The molecule has 1 aliphatic rings. The second-order valence-electron chi connectivity index (χ2n) is 4.88. The minimum Gasteiger partial charge on any atom is -0.166 e. The summed E-state index contributed by atoms with van der Waals surface area (Å²) in [6, 6.07) is 5.65. The van der Waals surface area contributed by atoms with Gasteiger partial charge in [-0.15, -0.1) is 0 Å². The lowest BCUT2D eigenvalue weighted by Gasteiger charge is -2.20. The Kier molecular flexibility index (Phi) is 4.36. The Labute approximate surface area is 114 Å². The van der Waals surface area contributed by atoms with Crippen molar-refractivity contribution in [2.45, 2.75) is 49.0 Å². The molecule has 2 atom stereocenters. The van der Waals surface area contributed by atoms with Crippen LogP contribution in [0.2, 0.25) is 0 Å². The van der Waals surface area contributed by atoms with E-state index in [0.29, 0.717) is 10.7 Å². The van der Waals surface area contributed by atoms with E-state index >= 15 is 0 Å². The van der Waals surface area contributed by atoms with E-state index in [1.54, 1.807) is 12.1 Å². The summed E-state index contributed by atoms with van der Waals surface area (Å²) in [5.41, 5.74) is 0.456. The van der Waals surface area contributed by atoms with Gasteiger partial charge in [0.15, 0.2) is 0 Å². The Balaban J connectivity index is 2.17. The molecule has 0 spiro atoms. The van der Waals surface area contributed by atoms with Crippen molar-refractivity contribution < 1.29 is 13.2 Å². The van der Waals surface area contributed by atoms with Gasteiger partial charge in [0.25, 0.3) is 0 Å². The van der Waals surface area contributed by atoms with Crippen molar-refractivity contribution in [3.05, 3.63) is 35.4 Å². The van der Waals surface area contributed by atoms with E-state index in [4.69, 9.17) is 0 Å². The maximum absolute atomic E-state index is 12.5. The maximum atomic E-state index is 12.5. The van der Waals surface area contributed by atoms with Gasteiger partial charge in [-0.3, -0.25) is 0 Å². The normalized spacial score (nSPS) is 25.8. The highest BCUT2D eigenvalue weighted by molar-refractivity contribution is 9.09. The van der Waals surface area contributed by atoms with Crippen molar-refractivity contribution in [2.75, 3.05) is 0 Å². The van der Waals surface area contributed by atoms with Crippen LogP contribution in [-0.4, -0.2) is 4.83 Å². The molecule has 0 heterocycles. The maximum Gasteiger partial charge on any atom is 0.416 e. The van der Waals surface area contributed by atoms with Gasteiger partial charge in [0, 0.05) is 4.83 Å². The van der Waals surface area contributed by atoms with Crippen LogP contribution in [0, 0.1) is 0 Å². The Morgan fingerprint density at radius 3 is 2.17 bits per heavy atom. The van der Waals surface area contributed by atoms with E-state index in [9.17, 15) is 13.2 Å². The van der Waals surface area contributed by atoms with Crippen LogP contribution < -0.4 is 0 Å². The molecular formula is C14H16BrF3. The highest BCUT2D eigenvalue weighted by Gasteiger charge is 2.30. The van der Waals surface area contributed by atoms with E-state index < -0.39 is 11.7 Å². The van der Waals surface area contributed by atoms with Gasteiger partial charge < -0.3 is 0 Å². The summed E-state index contributed by atoms with van der Waals surface area (Å²) in [7, 11) is 0. The molecule has 0 N–H and O–H groups in total. The molecule has 0 aromatic heterocycles. The largest absolute Gasteiger partial charge is 0.416 e. The quantitative estimate of drug-likeness (QED) is 0.472. The summed E-state index contributed by atoms with van der Waals surface area (Å²) in [4.78, 5) is 0.386. The van der Waals surface area contributed by atoms with Gasteiger partial charge in [-0.05, 0) is 36.5 Å². The highest BCUT2D eigenvalue weighted by Crippen LogP contribution is 2.37. The van der Waals surface area contributed by atoms with Crippen LogP contribution in [0.25, 0.3) is 0 Å². The molecule has 0 aliphatic heterocycles. The molecule has 0 radical (unpaired) electrons. The zero-order chi connectivity index (χ0) is 13.2. The number of rotatable bonds is 1. The van der Waals surface area contributed by atoms with Crippen molar-refractivity contribution in [1.29, 1.82) is 0 Å². The average molecular weight is 321 g/mol. The molecular weight excluding hydrogens is 305 g/mol. The van der Waals surface area contributed by atoms with Gasteiger partial charge in [-0.1, -0.05) is 47.3 Å². The van der Waals surface area contributed by atoms with Crippen molar-refractivity contribution in [2.24, 2.45) is 0 Å². The number of hydrogen-bond donors (Lipinski definition) is 0. The first-order valence-electron chi connectivity index (χ1n) is 6.30. The summed E-state index contributed by atoms with van der Waals surface area (Å²) >= 11 is 3.68. The summed E-state index contributed by atoms with van der Waals surface area (Å²) in [6.45, 7) is 0. The molecule has 0 bridgehead atoms. The molecule has 0 saturated heterocycles. The monoisotopic (exact) mass is 320 g/mol. The minimum atomic E-state index is -4.24. The standard InChI is InChI=1S/C14H16BrF3/c15-13-5-3-1-2-4-12(13)10-6-8-11(9-7-10)14(16,17)18/h6-9,12-13H,1-5H2. The average Bonchev–Trinajstić information content (AvgIpc) is 2.53. The zero-order valence-corrected chi connectivity index (χ0v) is 11.6. The molecule has 100 valence electrons. The third-order valence-corrected chi connectivity index (χ3v) is 4.69. The number of halogens is 4. The van der Waals surface area contributed by atoms with E-state index in [-0.39, 0.29) is 0 Å². The predicted octanol–water partition coefficient (Wildman–Crippen LogP) is 5.52. The Morgan fingerprint density at radius 2 is 1.56 bits per heavy atom. The third-order valence-electron chi connectivity index (χ3n) is 3.60. The predicted molar refractivity (Wildman–Crippen MR) is 70.0 cm³/mol. The van der Waals surface area contributed by atoms with Gasteiger partial charge >= 0.3 is 6.18 Å². The van der Waals surface area contributed by atoms with Crippen molar-refractivity contribution >= 4 is 15.9 Å². The first kappa shape index (κ1) is 13.9. The number of alkyl halides is 4. The van der Waals surface area contributed by atoms with Crippen LogP contribution in [0.3, 0.4) is 0 Å². The summed E-state index contributed by atoms with van der Waals surface area (Å²) in [5.74, 6) is 0.342. The number of hydrogen-bond acceptors (Lipinski definition) is 0. The fourth-order valence-corrected chi connectivity index (χ4v) is 3.45. The molecule has 0 amide bonds. The molecule has 1 aliphatic carbocycles. The summed E-state index contributed by atoms with van der Waals surface area (Å²) < 4.78 is 37.5. The lowest BCUT2D eigenvalue weighted by molar-refractivity contribution is -0.137. The second kappa shape index (κ2) is 5.64. The van der Waals surface area contributed by atoms with Crippen LogP contribution in [0.15, 0.2) is 24.3 Å². The summed E-state index contributed by atoms with van der Waals surface area (Å²) in [6.07, 6.45) is 1.50. The Hall–Kier alpha value is -0.510. The van der Waals surface area contributed by atoms with Crippen LogP contribution >= 0.6 is 15.9 Å². The smallest absolute Gasteiger partial charge is 0.166 e. The lowest BCUT2D eigenvalue weighted by atomic mass is 9.91. The molecule has 1 saturated carbocycles. The second-order valence-corrected chi connectivity index (χ2v) is 6.06. The van der Waals surface area contributed by atoms with Gasteiger partial charge in [0.1, 0.15) is 0 Å².